The molecule has 26 heavy (non-hydrogen) atoms. The lowest BCUT2D eigenvalue weighted by atomic mass is 10.2. The molecular formula is C19H16Cl3N3O. The Morgan fingerprint density at radius 2 is 1.73 bits per heavy atom. The van der Waals surface area contributed by atoms with Gasteiger partial charge in [0.15, 0.2) is 0 Å². The zero-order valence-electron chi connectivity index (χ0n) is 14.2. The van der Waals surface area contributed by atoms with Crippen molar-refractivity contribution in [3.8, 4) is 0 Å². The molecule has 4 nitrogen and oxygen atoms in total. The lowest BCUT2D eigenvalue weighted by molar-refractivity contribution is 0.102. The lowest BCUT2D eigenvalue weighted by Gasteiger charge is -2.08. The maximum absolute atomic E-state index is 12.5. The quantitative estimate of drug-likeness (QED) is 0.596. The fraction of sp³-hybridized carbons (Fsp3) is 0.158. The third-order valence-electron chi connectivity index (χ3n) is 4.04. The summed E-state index contributed by atoms with van der Waals surface area (Å²) in [6.07, 6.45) is 0. The summed E-state index contributed by atoms with van der Waals surface area (Å²) in [6.45, 7) is 4.30. The minimum atomic E-state index is -0.207. The Labute approximate surface area is 166 Å². The van der Waals surface area contributed by atoms with Gasteiger partial charge >= 0.3 is 0 Å². The molecular weight excluding hydrogens is 393 g/mol. The number of anilines is 1. The van der Waals surface area contributed by atoms with Crippen molar-refractivity contribution in [2.75, 3.05) is 5.32 Å². The first-order valence-corrected chi connectivity index (χ1v) is 9.03. The molecule has 0 atom stereocenters. The molecule has 0 unspecified atom stereocenters. The average molecular weight is 409 g/mol. The Bertz CT molecular complexity index is 965. The zero-order chi connectivity index (χ0) is 18.8. The zero-order valence-corrected chi connectivity index (χ0v) is 16.5. The number of hydrogen-bond acceptors (Lipinski definition) is 2. The number of amides is 1. The third-order valence-corrected chi connectivity index (χ3v) is 5.03. The van der Waals surface area contributed by atoms with Gasteiger partial charge < -0.3 is 5.32 Å². The van der Waals surface area contributed by atoms with Gasteiger partial charge in [-0.15, -0.1) is 0 Å². The monoisotopic (exact) mass is 407 g/mol. The molecule has 7 heteroatoms. The van der Waals surface area contributed by atoms with Gasteiger partial charge in [-0.1, -0.05) is 40.9 Å². The molecule has 0 aliphatic rings. The van der Waals surface area contributed by atoms with E-state index in [0.717, 1.165) is 17.0 Å². The maximum atomic E-state index is 12.5. The maximum Gasteiger partial charge on any atom is 0.255 e. The number of rotatable bonds is 4. The first-order valence-electron chi connectivity index (χ1n) is 7.90. The first kappa shape index (κ1) is 18.8. The van der Waals surface area contributed by atoms with Crippen LogP contribution in [0.25, 0.3) is 0 Å². The summed E-state index contributed by atoms with van der Waals surface area (Å²) in [5.41, 5.74) is 3.80. The number of halogens is 3. The number of carbonyl (C=O) groups excluding carboxylic acids is 1. The Hall–Kier alpha value is -2.01. The van der Waals surface area contributed by atoms with Crippen LogP contribution < -0.4 is 5.32 Å². The predicted octanol–water partition coefficient (Wildman–Crippen LogP) is 5.76. The lowest BCUT2D eigenvalue weighted by Crippen LogP contribution is -2.13. The smallest absolute Gasteiger partial charge is 0.255 e. The Kier molecular flexibility index (Phi) is 5.56. The van der Waals surface area contributed by atoms with Crippen molar-refractivity contribution in [3.05, 3.63) is 80.0 Å². The minimum Gasteiger partial charge on any atom is -0.319 e. The van der Waals surface area contributed by atoms with E-state index >= 15 is 0 Å². The molecule has 2 aromatic carbocycles. The van der Waals surface area contributed by atoms with Crippen LogP contribution in [0, 0.1) is 13.8 Å². The van der Waals surface area contributed by atoms with Gasteiger partial charge in [0.25, 0.3) is 5.91 Å². The van der Waals surface area contributed by atoms with Gasteiger partial charge in [0.05, 0.1) is 33.7 Å². The molecule has 0 aliphatic heterocycles. The van der Waals surface area contributed by atoms with Gasteiger partial charge in [-0.25, -0.2) is 0 Å². The Balaban J connectivity index is 1.82. The van der Waals surface area contributed by atoms with E-state index in [1.54, 1.807) is 30.3 Å². The molecule has 0 bridgehead atoms. The predicted molar refractivity (Wildman–Crippen MR) is 107 cm³/mol. The highest BCUT2D eigenvalue weighted by Gasteiger charge is 2.15. The highest BCUT2D eigenvalue weighted by atomic mass is 35.5. The fourth-order valence-electron chi connectivity index (χ4n) is 2.63. The van der Waals surface area contributed by atoms with Crippen molar-refractivity contribution in [1.29, 1.82) is 0 Å². The van der Waals surface area contributed by atoms with Crippen LogP contribution in [0.3, 0.4) is 0 Å². The van der Waals surface area contributed by atoms with Crippen molar-refractivity contribution >= 4 is 46.4 Å². The van der Waals surface area contributed by atoms with E-state index in [4.69, 9.17) is 34.8 Å². The van der Waals surface area contributed by atoms with Crippen LogP contribution >= 0.6 is 34.8 Å². The van der Waals surface area contributed by atoms with Gasteiger partial charge in [0.1, 0.15) is 0 Å². The topological polar surface area (TPSA) is 46.9 Å². The third kappa shape index (κ3) is 4.04. The number of aromatic nitrogens is 2. The summed E-state index contributed by atoms with van der Waals surface area (Å²) in [6, 6.07) is 12.2. The van der Waals surface area contributed by atoms with Crippen LogP contribution in [-0.4, -0.2) is 15.7 Å². The molecule has 0 aliphatic carbocycles. The van der Waals surface area contributed by atoms with Crippen molar-refractivity contribution < 1.29 is 4.79 Å². The summed E-state index contributed by atoms with van der Waals surface area (Å²) in [5.74, 6) is -0.207. The molecule has 1 aromatic heterocycles. The number of nitrogens with one attached hydrogen (secondary N) is 1. The molecule has 0 saturated carbocycles. The molecule has 1 N–H and O–H groups in total. The second-order valence-corrected chi connectivity index (χ2v) is 7.16. The van der Waals surface area contributed by atoms with Crippen LogP contribution in [0.4, 0.5) is 5.69 Å². The average Bonchev–Trinajstić information content (AvgIpc) is 2.86. The van der Waals surface area contributed by atoms with Crippen molar-refractivity contribution in [3.63, 3.8) is 0 Å². The normalized spacial score (nSPS) is 10.8. The second-order valence-electron chi connectivity index (χ2n) is 5.91. The minimum absolute atomic E-state index is 0.207. The summed E-state index contributed by atoms with van der Waals surface area (Å²) in [5, 5.41) is 9.05. The molecule has 1 heterocycles. The molecule has 0 saturated heterocycles. The molecule has 3 aromatic rings. The van der Waals surface area contributed by atoms with Crippen LogP contribution in [0.2, 0.25) is 15.1 Å². The van der Waals surface area contributed by atoms with E-state index in [-0.39, 0.29) is 5.91 Å². The highest BCUT2D eigenvalue weighted by molar-refractivity contribution is 6.42. The van der Waals surface area contributed by atoms with Gasteiger partial charge in [0.2, 0.25) is 0 Å². The van der Waals surface area contributed by atoms with E-state index in [9.17, 15) is 4.79 Å². The number of aryl methyl sites for hydroxylation is 1. The van der Waals surface area contributed by atoms with E-state index < -0.39 is 0 Å². The number of benzene rings is 2. The number of hydrogen-bond donors (Lipinski definition) is 1. The van der Waals surface area contributed by atoms with E-state index in [0.29, 0.717) is 32.9 Å². The van der Waals surface area contributed by atoms with E-state index in [2.05, 4.69) is 10.4 Å². The Morgan fingerprint density at radius 3 is 2.38 bits per heavy atom. The standard InChI is InChI=1S/C19H16Cl3N3O/c1-11-18(23-19(26)14-4-6-15(20)7-5-14)12(2)25(24-11)10-13-3-8-16(21)17(22)9-13/h3-9H,10H2,1-2H3,(H,23,26). The molecule has 0 spiro atoms. The summed E-state index contributed by atoms with van der Waals surface area (Å²) in [4.78, 5) is 12.5. The van der Waals surface area contributed by atoms with Crippen LogP contribution in [0.5, 0.6) is 0 Å². The molecule has 0 radical (unpaired) electrons. The van der Waals surface area contributed by atoms with Gasteiger partial charge in [-0.3, -0.25) is 9.48 Å². The van der Waals surface area contributed by atoms with Gasteiger partial charge in [-0.2, -0.15) is 5.10 Å². The van der Waals surface area contributed by atoms with Crippen molar-refractivity contribution in [2.45, 2.75) is 20.4 Å². The largest absolute Gasteiger partial charge is 0.319 e. The molecule has 1 amide bonds. The highest BCUT2D eigenvalue weighted by Crippen LogP contribution is 2.25. The van der Waals surface area contributed by atoms with Gasteiger partial charge in [-0.05, 0) is 55.8 Å². The summed E-state index contributed by atoms with van der Waals surface area (Å²) in [7, 11) is 0. The van der Waals surface area contributed by atoms with Crippen LogP contribution in [0.15, 0.2) is 42.5 Å². The Morgan fingerprint density at radius 1 is 1.04 bits per heavy atom. The molecule has 0 fully saturated rings. The molecule has 134 valence electrons. The second kappa shape index (κ2) is 7.70. The summed E-state index contributed by atoms with van der Waals surface area (Å²) < 4.78 is 1.83. The molecule has 3 rings (SSSR count). The first-order chi connectivity index (χ1) is 12.3. The SMILES string of the molecule is Cc1nn(Cc2ccc(Cl)c(Cl)c2)c(C)c1NC(=O)c1ccc(Cl)cc1. The van der Waals surface area contributed by atoms with Crippen molar-refractivity contribution in [1.82, 2.24) is 9.78 Å². The number of carbonyl (C=O) groups is 1. The van der Waals surface area contributed by atoms with E-state index in [1.165, 1.54) is 0 Å². The summed E-state index contributed by atoms with van der Waals surface area (Å²) >= 11 is 17.9. The van der Waals surface area contributed by atoms with E-state index in [1.807, 2.05) is 30.7 Å². The van der Waals surface area contributed by atoms with Gasteiger partial charge in [0, 0.05) is 10.6 Å². The fourth-order valence-corrected chi connectivity index (χ4v) is 3.08. The van der Waals surface area contributed by atoms with Crippen LogP contribution in [0.1, 0.15) is 27.3 Å². The van der Waals surface area contributed by atoms with Crippen molar-refractivity contribution in [2.24, 2.45) is 0 Å². The number of nitrogens with zero attached hydrogens (tertiary/aromatic N) is 2. The van der Waals surface area contributed by atoms with Crippen LogP contribution in [-0.2, 0) is 6.54 Å².